The summed E-state index contributed by atoms with van der Waals surface area (Å²) in [6, 6.07) is 0.905. The largest absolute Gasteiger partial charge is 0.357 e. The van der Waals surface area contributed by atoms with Gasteiger partial charge >= 0.3 is 0 Å². The maximum atomic E-state index is 13.4. The van der Waals surface area contributed by atoms with Gasteiger partial charge in [0.1, 0.15) is 5.82 Å². The molecule has 1 aromatic rings. The second-order valence-corrected chi connectivity index (χ2v) is 4.58. The highest BCUT2D eigenvalue weighted by molar-refractivity contribution is 5.38. The van der Waals surface area contributed by atoms with Crippen LogP contribution in [0.15, 0.2) is 12.3 Å². The van der Waals surface area contributed by atoms with E-state index in [4.69, 9.17) is 5.73 Å². The molecule has 96 valence electrons. The molecule has 3 nitrogen and oxygen atoms in total. The fraction of sp³-hybridized carbons (Fsp3) is 0.583. The van der Waals surface area contributed by atoms with E-state index in [1.165, 1.54) is 0 Å². The second-order valence-electron chi connectivity index (χ2n) is 4.58. The van der Waals surface area contributed by atoms with Crippen molar-refractivity contribution in [2.24, 2.45) is 11.7 Å². The molecule has 1 rings (SSSR count). The summed E-state index contributed by atoms with van der Waals surface area (Å²) in [5, 5.41) is 0. The molecule has 1 heterocycles. The highest BCUT2D eigenvalue weighted by atomic mass is 19.1. The Morgan fingerprint density at radius 1 is 1.41 bits per heavy atom. The predicted octanol–water partition coefficient (Wildman–Crippen LogP) is 2.17. The number of hydrogen-bond acceptors (Lipinski definition) is 3. The molecule has 1 atom stereocenters. The van der Waals surface area contributed by atoms with E-state index < -0.39 is 11.6 Å². The molecule has 1 aromatic heterocycles. The Kier molecular flexibility index (Phi) is 4.81. The third-order valence-electron chi connectivity index (χ3n) is 2.80. The number of rotatable bonds is 5. The quantitative estimate of drug-likeness (QED) is 0.861. The first-order chi connectivity index (χ1) is 7.91. The summed E-state index contributed by atoms with van der Waals surface area (Å²) < 4.78 is 26.1. The zero-order chi connectivity index (χ0) is 13.0. The molecule has 0 bridgehead atoms. The Morgan fingerprint density at radius 2 is 2.06 bits per heavy atom. The molecule has 2 N–H and O–H groups in total. The zero-order valence-electron chi connectivity index (χ0n) is 10.5. The van der Waals surface area contributed by atoms with E-state index in [9.17, 15) is 8.78 Å². The minimum atomic E-state index is -0.668. The lowest BCUT2D eigenvalue weighted by Gasteiger charge is -2.22. The molecular weight excluding hydrogens is 224 g/mol. The first kappa shape index (κ1) is 13.8. The SMILES string of the molecule is CC(C)C(N)CCN(C)c1ncc(F)cc1F. The molecule has 0 aliphatic heterocycles. The maximum absolute atomic E-state index is 13.4. The van der Waals surface area contributed by atoms with Crippen LogP contribution in [0.3, 0.4) is 0 Å². The summed E-state index contributed by atoms with van der Waals surface area (Å²) in [6.45, 7) is 4.68. The summed E-state index contributed by atoms with van der Waals surface area (Å²) in [6.07, 6.45) is 1.75. The van der Waals surface area contributed by atoms with Gasteiger partial charge in [-0.1, -0.05) is 13.8 Å². The van der Waals surface area contributed by atoms with Crippen LogP contribution < -0.4 is 10.6 Å². The van der Waals surface area contributed by atoms with Crippen LogP contribution in [0.1, 0.15) is 20.3 Å². The van der Waals surface area contributed by atoms with Crippen LogP contribution in [0.25, 0.3) is 0 Å². The van der Waals surface area contributed by atoms with E-state index >= 15 is 0 Å². The zero-order valence-corrected chi connectivity index (χ0v) is 10.5. The van der Waals surface area contributed by atoms with E-state index in [2.05, 4.69) is 4.98 Å². The van der Waals surface area contributed by atoms with Gasteiger partial charge in [0, 0.05) is 25.7 Å². The van der Waals surface area contributed by atoms with E-state index in [1.807, 2.05) is 13.8 Å². The van der Waals surface area contributed by atoms with Gasteiger partial charge in [0.15, 0.2) is 11.6 Å². The molecule has 0 aliphatic carbocycles. The molecule has 17 heavy (non-hydrogen) atoms. The summed E-state index contributed by atoms with van der Waals surface area (Å²) in [5.41, 5.74) is 5.90. The van der Waals surface area contributed by atoms with Crippen molar-refractivity contribution in [3.8, 4) is 0 Å². The lowest BCUT2D eigenvalue weighted by atomic mass is 10.0. The lowest BCUT2D eigenvalue weighted by Crippen LogP contribution is -2.32. The van der Waals surface area contributed by atoms with Gasteiger partial charge in [0.05, 0.1) is 6.20 Å². The number of halogens is 2. The summed E-state index contributed by atoms with van der Waals surface area (Å²) in [5.74, 6) is -0.777. The van der Waals surface area contributed by atoms with Crippen LogP contribution in [0.4, 0.5) is 14.6 Å². The van der Waals surface area contributed by atoms with E-state index in [-0.39, 0.29) is 11.9 Å². The molecule has 0 aromatic carbocycles. The van der Waals surface area contributed by atoms with Gasteiger partial charge in [-0.2, -0.15) is 0 Å². The van der Waals surface area contributed by atoms with Crippen molar-refractivity contribution in [3.63, 3.8) is 0 Å². The van der Waals surface area contributed by atoms with Crippen LogP contribution >= 0.6 is 0 Å². The van der Waals surface area contributed by atoms with Gasteiger partial charge in [-0.05, 0) is 12.3 Å². The van der Waals surface area contributed by atoms with Crippen LogP contribution in [0.2, 0.25) is 0 Å². The van der Waals surface area contributed by atoms with Crippen LogP contribution in [-0.4, -0.2) is 24.6 Å². The van der Waals surface area contributed by atoms with Crippen LogP contribution in [-0.2, 0) is 0 Å². The summed E-state index contributed by atoms with van der Waals surface area (Å²) >= 11 is 0. The molecule has 0 fully saturated rings. The molecule has 0 spiro atoms. The van der Waals surface area contributed by atoms with Crippen LogP contribution in [0, 0.1) is 17.6 Å². The van der Waals surface area contributed by atoms with E-state index in [0.717, 1.165) is 18.7 Å². The molecule has 5 heteroatoms. The Balaban J connectivity index is 2.61. The minimum Gasteiger partial charge on any atom is -0.357 e. The smallest absolute Gasteiger partial charge is 0.168 e. The fourth-order valence-electron chi connectivity index (χ4n) is 1.47. The lowest BCUT2D eigenvalue weighted by molar-refractivity contribution is 0.464. The minimum absolute atomic E-state index is 0.0703. The van der Waals surface area contributed by atoms with Crippen molar-refractivity contribution in [3.05, 3.63) is 23.9 Å². The van der Waals surface area contributed by atoms with Gasteiger partial charge < -0.3 is 10.6 Å². The van der Waals surface area contributed by atoms with Crippen molar-refractivity contribution >= 4 is 5.82 Å². The van der Waals surface area contributed by atoms with Gasteiger partial charge in [0.25, 0.3) is 0 Å². The standard InChI is InChI=1S/C12H19F2N3/c1-8(2)11(15)4-5-17(3)12-10(14)6-9(13)7-16-12/h6-8,11H,4-5,15H2,1-3H3. The number of anilines is 1. The first-order valence-corrected chi connectivity index (χ1v) is 5.69. The highest BCUT2D eigenvalue weighted by Gasteiger charge is 2.13. The molecule has 0 aliphatic rings. The van der Waals surface area contributed by atoms with Crippen molar-refractivity contribution in [2.45, 2.75) is 26.3 Å². The molecule has 0 saturated carbocycles. The maximum Gasteiger partial charge on any atom is 0.168 e. The Hall–Kier alpha value is -1.23. The normalized spacial score (nSPS) is 12.9. The van der Waals surface area contributed by atoms with Gasteiger partial charge in [0.2, 0.25) is 0 Å². The van der Waals surface area contributed by atoms with E-state index in [0.29, 0.717) is 12.5 Å². The molecule has 0 radical (unpaired) electrons. The Bertz CT molecular complexity index is 369. The summed E-state index contributed by atoms with van der Waals surface area (Å²) in [7, 11) is 1.72. The molecule has 0 amide bonds. The number of hydrogen-bond donors (Lipinski definition) is 1. The van der Waals surface area contributed by atoms with Crippen LogP contribution in [0.5, 0.6) is 0 Å². The topological polar surface area (TPSA) is 42.1 Å². The predicted molar refractivity (Wildman–Crippen MR) is 64.9 cm³/mol. The molecule has 1 unspecified atom stereocenters. The monoisotopic (exact) mass is 243 g/mol. The fourth-order valence-corrected chi connectivity index (χ4v) is 1.47. The van der Waals surface area contributed by atoms with Gasteiger partial charge in [-0.25, -0.2) is 13.8 Å². The highest BCUT2D eigenvalue weighted by Crippen LogP contribution is 2.16. The average Bonchev–Trinajstić information content (AvgIpc) is 2.25. The first-order valence-electron chi connectivity index (χ1n) is 5.69. The van der Waals surface area contributed by atoms with Crippen molar-refractivity contribution in [2.75, 3.05) is 18.5 Å². The number of nitrogens with two attached hydrogens (primary N) is 1. The molecular formula is C12H19F2N3. The second kappa shape index (κ2) is 5.91. The Labute approximate surface area is 101 Å². The van der Waals surface area contributed by atoms with Gasteiger partial charge in [-0.3, -0.25) is 0 Å². The average molecular weight is 243 g/mol. The number of aromatic nitrogens is 1. The third kappa shape index (κ3) is 3.93. The van der Waals surface area contributed by atoms with Crippen molar-refractivity contribution < 1.29 is 8.78 Å². The summed E-state index contributed by atoms with van der Waals surface area (Å²) in [4.78, 5) is 5.39. The van der Waals surface area contributed by atoms with Crippen molar-refractivity contribution in [1.29, 1.82) is 0 Å². The Morgan fingerprint density at radius 3 is 2.59 bits per heavy atom. The molecule has 0 saturated heterocycles. The van der Waals surface area contributed by atoms with Crippen molar-refractivity contribution in [1.82, 2.24) is 4.98 Å². The van der Waals surface area contributed by atoms with Gasteiger partial charge in [-0.15, -0.1) is 0 Å². The third-order valence-corrected chi connectivity index (χ3v) is 2.80. The number of pyridine rings is 1. The number of nitrogens with zero attached hydrogens (tertiary/aromatic N) is 2. The van der Waals surface area contributed by atoms with E-state index in [1.54, 1.807) is 11.9 Å².